The number of primary amides is 1. The molecule has 2 amide bonds. The van der Waals surface area contributed by atoms with E-state index in [1.807, 2.05) is 6.07 Å². The molecule has 1 atom stereocenters. The lowest BCUT2D eigenvalue weighted by Gasteiger charge is -2.10. The number of anilines is 1. The molecule has 0 bridgehead atoms. The van der Waals surface area contributed by atoms with Gasteiger partial charge in [0.1, 0.15) is 0 Å². The van der Waals surface area contributed by atoms with Crippen LogP contribution in [0.25, 0.3) is 0 Å². The molecule has 0 aromatic heterocycles. The lowest BCUT2D eigenvalue weighted by atomic mass is 10.2. The van der Waals surface area contributed by atoms with E-state index in [1.54, 1.807) is 24.3 Å². The average Bonchev–Trinajstić information content (AvgIpc) is 2.18. The highest BCUT2D eigenvalue weighted by Crippen LogP contribution is 2.05. The molecule has 0 saturated carbocycles. The maximum atomic E-state index is 11.4. The number of benzene rings is 1. The highest BCUT2D eigenvalue weighted by Gasteiger charge is 2.15. The fraction of sp³-hybridized carbons (Fsp3) is 0.200. The summed E-state index contributed by atoms with van der Waals surface area (Å²) in [5, 5.41) is 2.58. The van der Waals surface area contributed by atoms with Gasteiger partial charge in [-0.1, -0.05) is 18.2 Å². The zero-order chi connectivity index (χ0) is 11.3. The first-order valence-electron chi connectivity index (χ1n) is 4.49. The van der Waals surface area contributed by atoms with Crippen molar-refractivity contribution in [2.45, 2.75) is 12.5 Å². The molecule has 0 heterocycles. The number of hydrogen-bond donors (Lipinski definition) is 3. The Kier molecular flexibility index (Phi) is 3.82. The van der Waals surface area contributed by atoms with Gasteiger partial charge in [-0.2, -0.15) is 0 Å². The van der Waals surface area contributed by atoms with Gasteiger partial charge in [0.15, 0.2) is 0 Å². The van der Waals surface area contributed by atoms with Crippen LogP contribution in [0.3, 0.4) is 0 Å². The van der Waals surface area contributed by atoms with Crippen LogP contribution in [0.4, 0.5) is 5.69 Å². The SMILES string of the molecule is NC(=O)CC(N)C(=O)Nc1ccccc1. The van der Waals surface area contributed by atoms with Gasteiger partial charge in [-0.3, -0.25) is 9.59 Å². The quantitative estimate of drug-likeness (QED) is 0.639. The Labute approximate surface area is 87.4 Å². The maximum Gasteiger partial charge on any atom is 0.241 e. The average molecular weight is 207 g/mol. The van der Waals surface area contributed by atoms with Gasteiger partial charge in [-0.05, 0) is 12.1 Å². The molecule has 1 aromatic rings. The van der Waals surface area contributed by atoms with Crippen LogP contribution in [-0.4, -0.2) is 17.9 Å². The number of carbonyl (C=O) groups is 2. The molecule has 0 aliphatic rings. The minimum atomic E-state index is -0.900. The van der Waals surface area contributed by atoms with Gasteiger partial charge < -0.3 is 16.8 Å². The molecule has 0 aliphatic heterocycles. The van der Waals surface area contributed by atoms with Crippen LogP contribution in [0, 0.1) is 0 Å². The first-order valence-corrected chi connectivity index (χ1v) is 4.49. The number of nitrogens with one attached hydrogen (secondary N) is 1. The normalized spacial score (nSPS) is 11.8. The number of amides is 2. The van der Waals surface area contributed by atoms with Crippen molar-refractivity contribution in [1.29, 1.82) is 0 Å². The number of hydrogen-bond acceptors (Lipinski definition) is 3. The summed E-state index contributed by atoms with van der Waals surface area (Å²) in [5.74, 6) is -1.01. The van der Waals surface area contributed by atoms with E-state index in [-0.39, 0.29) is 6.42 Å². The van der Waals surface area contributed by atoms with E-state index in [0.29, 0.717) is 5.69 Å². The summed E-state index contributed by atoms with van der Waals surface area (Å²) in [6, 6.07) is 7.97. The fourth-order valence-corrected chi connectivity index (χ4v) is 1.07. The van der Waals surface area contributed by atoms with Crippen molar-refractivity contribution < 1.29 is 9.59 Å². The van der Waals surface area contributed by atoms with Crippen LogP contribution < -0.4 is 16.8 Å². The molecule has 5 nitrogen and oxygen atoms in total. The summed E-state index contributed by atoms with van der Waals surface area (Å²) >= 11 is 0. The Morgan fingerprint density at radius 3 is 2.40 bits per heavy atom. The Hall–Kier alpha value is -1.88. The van der Waals surface area contributed by atoms with Gasteiger partial charge in [0, 0.05) is 5.69 Å². The number of para-hydroxylation sites is 1. The highest BCUT2D eigenvalue weighted by molar-refractivity contribution is 5.97. The van der Waals surface area contributed by atoms with E-state index in [1.165, 1.54) is 0 Å². The molecule has 0 radical (unpaired) electrons. The van der Waals surface area contributed by atoms with E-state index in [2.05, 4.69) is 5.32 Å². The summed E-state index contributed by atoms with van der Waals surface area (Å²) in [6.45, 7) is 0. The van der Waals surface area contributed by atoms with E-state index in [0.717, 1.165) is 0 Å². The van der Waals surface area contributed by atoms with Crippen molar-refractivity contribution in [2.24, 2.45) is 11.5 Å². The zero-order valence-electron chi connectivity index (χ0n) is 8.14. The Morgan fingerprint density at radius 2 is 1.87 bits per heavy atom. The van der Waals surface area contributed by atoms with Crippen LogP contribution in [0.5, 0.6) is 0 Å². The number of carbonyl (C=O) groups excluding carboxylic acids is 2. The third kappa shape index (κ3) is 3.78. The second-order valence-electron chi connectivity index (χ2n) is 3.13. The monoisotopic (exact) mass is 207 g/mol. The number of rotatable bonds is 4. The molecule has 0 saturated heterocycles. The van der Waals surface area contributed by atoms with E-state index in [4.69, 9.17) is 11.5 Å². The number of nitrogens with two attached hydrogens (primary N) is 2. The van der Waals surface area contributed by atoms with Gasteiger partial charge in [-0.25, -0.2) is 0 Å². The molecule has 80 valence electrons. The Morgan fingerprint density at radius 1 is 1.27 bits per heavy atom. The second kappa shape index (κ2) is 5.11. The van der Waals surface area contributed by atoms with Gasteiger partial charge in [0.2, 0.25) is 11.8 Å². The standard InChI is InChI=1S/C10H13N3O2/c11-8(6-9(12)14)10(15)13-7-4-2-1-3-5-7/h1-5,8H,6,11H2,(H2,12,14)(H,13,15). The molecule has 1 unspecified atom stereocenters. The molecule has 0 fully saturated rings. The van der Waals surface area contributed by atoms with Crippen molar-refractivity contribution in [1.82, 2.24) is 0 Å². The minimum absolute atomic E-state index is 0.154. The molecular weight excluding hydrogens is 194 g/mol. The topological polar surface area (TPSA) is 98.2 Å². The highest BCUT2D eigenvalue weighted by atomic mass is 16.2. The largest absolute Gasteiger partial charge is 0.370 e. The second-order valence-corrected chi connectivity index (χ2v) is 3.13. The molecule has 15 heavy (non-hydrogen) atoms. The van der Waals surface area contributed by atoms with Crippen LogP contribution >= 0.6 is 0 Å². The summed E-state index contributed by atoms with van der Waals surface area (Å²) in [7, 11) is 0. The Balaban J connectivity index is 2.52. The van der Waals surface area contributed by atoms with Gasteiger partial charge >= 0.3 is 0 Å². The van der Waals surface area contributed by atoms with Crippen LogP contribution in [0.1, 0.15) is 6.42 Å². The summed E-state index contributed by atoms with van der Waals surface area (Å²) in [5.41, 5.74) is 11.0. The lowest BCUT2D eigenvalue weighted by Crippen LogP contribution is -2.38. The van der Waals surface area contributed by atoms with E-state index >= 15 is 0 Å². The van der Waals surface area contributed by atoms with Crippen LogP contribution in [0.15, 0.2) is 30.3 Å². The van der Waals surface area contributed by atoms with Crippen molar-refractivity contribution in [2.75, 3.05) is 5.32 Å². The van der Waals surface area contributed by atoms with Gasteiger partial charge in [-0.15, -0.1) is 0 Å². The minimum Gasteiger partial charge on any atom is -0.370 e. The third-order valence-electron chi connectivity index (χ3n) is 1.80. The fourth-order valence-electron chi connectivity index (χ4n) is 1.07. The molecule has 5 N–H and O–H groups in total. The van der Waals surface area contributed by atoms with Crippen molar-refractivity contribution in [3.8, 4) is 0 Å². The Bertz CT molecular complexity index is 351. The van der Waals surface area contributed by atoms with Crippen molar-refractivity contribution >= 4 is 17.5 Å². The van der Waals surface area contributed by atoms with E-state index < -0.39 is 17.9 Å². The van der Waals surface area contributed by atoms with Gasteiger partial charge in [0.25, 0.3) is 0 Å². The van der Waals surface area contributed by atoms with Crippen LogP contribution in [-0.2, 0) is 9.59 Å². The molecule has 5 heteroatoms. The van der Waals surface area contributed by atoms with Crippen molar-refractivity contribution in [3.05, 3.63) is 30.3 Å². The smallest absolute Gasteiger partial charge is 0.241 e. The predicted molar refractivity (Wildman–Crippen MR) is 56.9 cm³/mol. The zero-order valence-corrected chi connectivity index (χ0v) is 8.14. The van der Waals surface area contributed by atoms with Crippen molar-refractivity contribution in [3.63, 3.8) is 0 Å². The third-order valence-corrected chi connectivity index (χ3v) is 1.80. The summed E-state index contributed by atoms with van der Waals surface area (Å²) in [6.07, 6.45) is -0.154. The molecular formula is C10H13N3O2. The summed E-state index contributed by atoms with van der Waals surface area (Å²) < 4.78 is 0. The molecule has 0 aliphatic carbocycles. The maximum absolute atomic E-state index is 11.4. The van der Waals surface area contributed by atoms with Gasteiger partial charge in [0.05, 0.1) is 12.5 Å². The lowest BCUT2D eigenvalue weighted by molar-refractivity contribution is -0.123. The predicted octanol–water partition coefficient (Wildman–Crippen LogP) is -0.172. The first kappa shape index (κ1) is 11.2. The molecule has 0 spiro atoms. The van der Waals surface area contributed by atoms with E-state index in [9.17, 15) is 9.59 Å². The first-order chi connectivity index (χ1) is 7.09. The van der Waals surface area contributed by atoms with Crippen LogP contribution in [0.2, 0.25) is 0 Å². The molecule has 1 aromatic carbocycles. The summed E-state index contributed by atoms with van der Waals surface area (Å²) in [4.78, 5) is 21.9. The molecule has 1 rings (SSSR count).